The van der Waals surface area contributed by atoms with Crippen molar-refractivity contribution >= 4 is 22.8 Å². The Kier molecular flexibility index (Phi) is 5.38. The van der Waals surface area contributed by atoms with Gasteiger partial charge in [-0.25, -0.2) is 9.97 Å². The van der Waals surface area contributed by atoms with Crippen LogP contribution in [0, 0.1) is 19.8 Å². The van der Waals surface area contributed by atoms with Gasteiger partial charge in [0.2, 0.25) is 11.6 Å². The minimum Gasteiger partial charge on any atom is -0.496 e. The number of hydrogen-bond acceptors (Lipinski definition) is 6. The molecule has 0 spiro atoms. The van der Waals surface area contributed by atoms with Crippen LogP contribution in [0.1, 0.15) is 29.7 Å². The first kappa shape index (κ1) is 19.2. The van der Waals surface area contributed by atoms with Crippen LogP contribution < -0.4 is 15.0 Å². The molecule has 1 N–H and O–H groups in total. The number of benzene rings is 1. The first-order valence-corrected chi connectivity index (χ1v) is 9.93. The van der Waals surface area contributed by atoms with E-state index in [-0.39, 0.29) is 11.8 Å². The maximum atomic E-state index is 12.9. The first-order valence-electron chi connectivity index (χ1n) is 9.93. The number of rotatable bonds is 5. The Balaban J connectivity index is 1.48. The molecule has 4 rings (SSSR count). The van der Waals surface area contributed by atoms with Crippen LogP contribution in [0.15, 0.2) is 35.0 Å². The smallest absolute Gasteiger partial charge is 0.231 e. The van der Waals surface area contributed by atoms with Crippen LogP contribution in [0.4, 0.5) is 5.82 Å². The van der Waals surface area contributed by atoms with Crippen molar-refractivity contribution in [3.63, 3.8) is 0 Å². The van der Waals surface area contributed by atoms with Gasteiger partial charge in [0.1, 0.15) is 23.7 Å². The fraction of sp³-hybridized carbons (Fsp3) is 0.409. The molecule has 3 aromatic rings. The van der Waals surface area contributed by atoms with Crippen molar-refractivity contribution in [3.8, 4) is 5.75 Å². The van der Waals surface area contributed by atoms with Crippen LogP contribution in [0.5, 0.6) is 5.75 Å². The van der Waals surface area contributed by atoms with Crippen LogP contribution in [-0.4, -0.2) is 36.1 Å². The summed E-state index contributed by atoms with van der Waals surface area (Å²) in [6, 6.07) is 7.74. The Morgan fingerprint density at radius 2 is 2.14 bits per heavy atom. The predicted octanol–water partition coefficient (Wildman–Crippen LogP) is 3.38. The number of anilines is 1. The lowest BCUT2D eigenvalue weighted by Crippen LogP contribution is -2.43. The molecule has 7 nitrogen and oxygen atoms in total. The van der Waals surface area contributed by atoms with Gasteiger partial charge in [-0.2, -0.15) is 0 Å². The number of piperidine rings is 1. The third-order valence-corrected chi connectivity index (χ3v) is 5.68. The lowest BCUT2D eigenvalue weighted by Gasteiger charge is -2.33. The SMILES string of the molecule is COc1ccccc1CNC(=O)[C@@H]1CCCN(c2ncnc3oc(C)c(C)c23)C1. The summed E-state index contributed by atoms with van der Waals surface area (Å²) in [6.45, 7) is 5.91. The molecule has 0 unspecified atom stereocenters. The number of ether oxygens (including phenoxy) is 1. The molecule has 1 saturated heterocycles. The molecule has 1 fully saturated rings. The number of aromatic nitrogens is 2. The minimum atomic E-state index is -0.0863. The maximum absolute atomic E-state index is 12.9. The lowest BCUT2D eigenvalue weighted by atomic mass is 9.96. The van der Waals surface area contributed by atoms with E-state index in [1.54, 1.807) is 7.11 Å². The average Bonchev–Trinajstić information content (AvgIpc) is 3.06. The molecule has 1 amide bonds. The summed E-state index contributed by atoms with van der Waals surface area (Å²) >= 11 is 0. The zero-order valence-corrected chi connectivity index (χ0v) is 17.1. The second-order valence-corrected chi connectivity index (χ2v) is 7.48. The Hall–Kier alpha value is -3.09. The number of fused-ring (bicyclic) bond motifs is 1. The number of nitrogens with one attached hydrogen (secondary N) is 1. The summed E-state index contributed by atoms with van der Waals surface area (Å²) in [5, 5.41) is 4.02. The van der Waals surface area contributed by atoms with E-state index in [1.807, 2.05) is 38.1 Å². The Morgan fingerprint density at radius 1 is 1.31 bits per heavy atom. The van der Waals surface area contributed by atoms with Gasteiger partial charge in [0.05, 0.1) is 18.4 Å². The number of furan rings is 1. The maximum Gasteiger partial charge on any atom is 0.231 e. The molecule has 1 atom stereocenters. The molecule has 7 heteroatoms. The summed E-state index contributed by atoms with van der Waals surface area (Å²) in [4.78, 5) is 23.8. The number of aryl methyl sites for hydroxylation is 2. The molecule has 1 aliphatic rings. The largest absolute Gasteiger partial charge is 0.496 e. The fourth-order valence-corrected chi connectivity index (χ4v) is 3.96. The summed E-state index contributed by atoms with van der Waals surface area (Å²) < 4.78 is 11.1. The highest BCUT2D eigenvalue weighted by Gasteiger charge is 2.28. The van der Waals surface area contributed by atoms with Gasteiger partial charge in [-0.15, -0.1) is 0 Å². The van der Waals surface area contributed by atoms with Crippen molar-refractivity contribution in [3.05, 3.63) is 47.5 Å². The van der Waals surface area contributed by atoms with Gasteiger partial charge in [0, 0.05) is 30.8 Å². The number of carbonyl (C=O) groups is 1. The van der Waals surface area contributed by atoms with Crippen LogP contribution in [0.3, 0.4) is 0 Å². The molecule has 0 aliphatic carbocycles. The molecule has 2 aromatic heterocycles. The second-order valence-electron chi connectivity index (χ2n) is 7.48. The third kappa shape index (κ3) is 3.77. The van der Waals surface area contributed by atoms with Crippen molar-refractivity contribution in [1.29, 1.82) is 0 Å². The van der Waals surface area contributed by atoms with Gasteiger partial charge >= 0.3 is 0 Å². The predicted molar refractivity (Wildman–Crippen MR) is 111 cm³/mol. The van der Waals surface area contributed by atoms with Gasteiger partial charge < -0.3 is 19.4 Å². The van der Waals surface area contributed by atoms with E-state index in [4.69, 9.17) is 9.15 Å². The normalized spacial score (nSPS) is 16.8. The molecular weight excluding hydrogens is 368 g/mol. The van der Waals surface area contributed by atoms with Crippen molar-refractivity contribution in [2.45, 2.75) is 33.2 Å². The molecule has 152 valence electrons. The van der Waals surface area contributed by atoms with Crippen LogP contribution in [0.2, 0.25) is 0 Å². The van der Waals surface area contributed by atoms with E-state index in [0.717, 1.165) is 53.2 Å². The van der Waals surface area contributed by atoms with Crippen molar-refractivity contribution in [2.75, 3.05) is 25.1 Å². The van der Waals surface area contributed by atoms with E-state index >= 15 is 0 Å². The van der Waals surface area contributed by atoms with Crippen molar-refractivity contribution in [1.82, 2.24) is 15.3 Å². The molecule has 29 heavy (non-hydrogen) atoms. The van der Waals surface area contributed by atoms with E-state index in [9.17, 15) is 4.79 Å². The number of amides is 1. The molecule has 0 bridgehead atoms. The number of carbonyl (C=O) groups excluding carboxylic acids is 1. The quantitative estimate of drug-likeness (QED) is 0.715. The van der Waals surface area contributed by atoms with Gasteiger partial charge in [-0.1, -0.05) is 18.2 Å². The summed E-state index contributed by atoms with van der Waals surface area (Å²) in [5.41, 5.74) is 2.63. The average molecular weight is 394 g/mol. The van der Waals surface area contributed by atoms with E-state index in [0.29, 0.717) is 18.8 Å². The van der Waals surface area contributed by atoms with Crippen molar-refractivity contribution in [2.24, 2.45) is 5.92 Å². The second kappa shape index (κ2) is 8.11. The number of methoxy groups -OCH3 is 1. The highest BCUT2D eigenvalue weighted by Crippen LogP contribution is 2.32. The van der Waals surface area contributed by atoms with Gasteiger partial charge in [-0.05, 0) is 32.8 Å². The summed E-state index contributed by atoms with van der Waals surface area (Å²) in [7, 11) is 1.64. The molecule has 1 aromatic carbocycles. The molecule has 0 saturated carbocycles. The number of nitrogens with zero attached hydrogens (tertiary/aromatic N) is 3. The Bertz CT molecular complexity index is 1030. The number of para-hydroxylation sites is 1. The topological polar surface area (TPSA) is 80.5 Å². The zero-order chi connectivity index (χ0) is 20.4. The van der Waals surface area contributed by atoms with Gasteiger partial charge in [0.15, 0.2) is 0 Å². The molecular formula is C22H26N4O3. The van der Waals surface area contributed by atoms with Gasteiger partial charge in [-0.3, -0.25) is 4.79 Å². The van der Waals surface area contributed by atoms with Crippen LogP contribution >= 0.6 is 0 Å². The summed E-state index contributed by atoms with van der Waals surface area (Å²) in [6.07, 6.45) is 3.34. The molecule has 3 heterocycles. The molecule has 0 radical (unpaired) electrons. The molecule has 1 aliphatic heterocycles. The van der Waals surface area contributed by atoms with E-state index in [1.165, 1.54) is 6.33 Å². The highest BCUT2D eigenvalue weighted by atomic mass is 16.5. The Labute approximate surface area is 170 Å². The monoisotopic (exact) mass is 394 g/mol. The zero-order valence-electron chi connectivity index (χ0n) is 17.1. The van der Waals surface area contributed by atoms with Crippen LogP contribution in [0.25, 0.3) is 11.1 Å². The fourth-order valence-electron chi connectivity index (χ4n) is 3.96. The Morgan fingerprint density at radius 3 is 2.97 bits per heavy atom. The highest BCUT2D eigenvalue weighted by molar-refractivity contribution is 5.90. The number of hydrogen-bond donors (Lipinski definition) is 1. The lowest BCUT2D eigenvalue weighted by molar-refractivity contribution is -0.125. The van der Waals surface area contributed by atoms with Gasteiger partial charge in [0.25, 0.3) is 0 Å². The standard InChI is InChI=1S/C22H26N4O3/c1-14-15(2)29-22-19(14)20(24-13-25-22)26-10-6-8-17(12-26)21(27)23-11-16-7-4-5-9-18(16)28-3/h4-5,7,9,13,17H,6,8,10-12H2,1-3H3,(H,23,27)/t17-/m1/s1. The first-order chi connectivity index (χ1) is 14.1. The van der Waals surface area contributed by atoms with Crippen LogP contribution in [-0.2, 0) is 11.3 Å². The minimum absolute atomic E-state index is 0.0611. The third-order valence-electron chi connectivity index (χ3n) is 5.68. The van der Waals surface area contributed by atoms with Crippen molar-refractivity contribution < 1.29 is 13.9 Å². The van der Waals surface area contributed by atoms with E-state index < -0.39 is 0 Å². The van der Waals surface area contributed by atoms with E-state index in [2.05, 4.69) is 20.2 Å². The summed E-state index contributed by atoms with van der Waals surface area (Å²) in [5.74, 6) is 2.46.